The number of ether oxygens (including phenoxy) is 1. The summed E-state index contributed by atoms with van der Waals surface area (Å²) >= 11 is 0. The van der Waals surface area contributed by atoms with Gasteiger partial charge in [0.15, 0.2) is 0 Å². The summed E-state index contributed by atoms with van der Waals surface area (Å²) in [6.07, 6.45) is 3.60. The van der Waals surface area contributed by atoms with Gasteiger partial charge in [-0.1, -0.05) is 48.5 Å². The molecule has 0 radical (unpaired) electrons. The molecule has 3 aromatic carbocycles. The van der Waals surface area contributed by atoms with Crippen LogP contribution in [-0.2, 0) is 0 Å². The van der Waals surface area contributed by atoms with Gasteiger partial charge >= 0.3 is 0 Å². The minimum atomic E-state index is 0.595. The number of pyridine rings is 2. The predicted molar refractivity (Wildman–Crippen MR) is 133 cm³/mol. The lowest BCUT2D eigenvalue weighted by Gasteiger charge is -2.09. The molecule has 4 nitrogen and oxygen atoms in total. The molecule has 0 saturated carbocycles. The molecule has 0 aliphatic rings. The highest BCUT2D eigenvalue weighted by Gasteiger charge is 2.14. The van der Waals surface area contributed by atoms with Crippen molar-refractivity contribution in [1.82, 2.24) is 14.5 Å². The van der Waals surface area contributed by atoms with Crippen LogP contribution in [0.15, 0.2) is 109 Å². The fourth-order valence-electron chi connectivity index (χ4n) is 4.31. The lowest BCUT2D eigenvalue weighted by atomic mass is 10.0. The third-order valence-electron chi connectivity index (χ3n) is 5.83. The van der Waals surface area contributed by atoms with Crippen LogP contribution in [0.3, 0.4) is 0 Å². The summed E-state index contributed by atoms with van der Waals surface area (Å²) in [5, 5.41) is 2.42. The van der Waals surface area contributed by atoms with Gasteiger partial charge in [0.2, 0.25) is 5.88 Å². The second kappa shape index (κ2) is 7.92. The van der Waals surface area contributed by atoms with E-state index < -0.39 is 0 Å². The second-order valence-electron chi connectivity index (χ2n) is 8.07. The Bertz CT molecular complexity index is 1600. The number of aromatic nitrogens is 3. The van der Waals surface area contributed by atoms with Crippen LogP contribution in [0, 0.1) is 6.92 Å². The smallest absolute Gasteiger partial charge is 0.219 e. The van der Waals surface area contributed by atoms with E-state index in [0.29, 0.717) is 5.88 Å². The van der Waals surface area contributed by atoms with E-state index in [1.54, 1.807) is 6.20 Å². The molecule has 158 valence electrons. The lowest BCUT2D eigenvalue weighted by molar-refractivity contribution is 0.462. The maximum Gasteiger partial charge on any atom is 0.219 e. The van der Waals surface area contributed by atoms with Gasteiger partial charge in [-0.05, 0) is 66.1 Å². The van der Waals surface area contributed by atoms with Crippen molar-refractivity contribution in [2.75, 3.05) is 0 Å². The molecule has 0 spiro atoms. The Morgan fingerprint density at radius 2 is 1.48 bits per heavy atom. The molecular weight excluding hydrogens is 406 g/mol. The predicted octanol–water partition coefficient (Wildman–Crippen LogP) is 7.34. The Labute approximate surface area is 191 Å². The second-order valence-corrected chi connectivity index (χ2v) is 8.07. The monoisotopic (exact) mass is 427 g/mol. The molecule has 3 heterocycles. The van der Waals surface area contributed by atoms with Gasteiger partial charge < -0.3 is 4.74 Å². The van der Waals surface area contributed by atoms with Crippen molar-refractivity contribution >= 4 is 21.8 Å². The van der Waals surface area contributed by atoms with Crippen LogP contribution in [0.25, 0.3) is 38.8 Å². The molecule has 0 fully saturated rings. The standard InChI is InChI=1S/C29H21N3O/c1-20-14-16-31-29(17-20)33-23-8-6-7-21(18-23)22-12-13-25-24-9-2-3-10-26(24)32(27(25)19-22)28-11-4-5-15-30-28/h2-19H,1H3. The molecule has 0 bridgehead atoms. The molecule has 4 heteroatoms. The third-order valence-corrected chi connectivity index (χ3v) is 5.83. The van der Waals surface area contributed by atoms with E-state index in [1.807, 2.05) is 55.6 Å². The van der Waals surface area contributed by atoms with Gasteiger partial charge in [-0.2, -0.15) is 0 Å². The summed E-state index contributed by atoms with van der Waals surface area (Å²) in [6, 6.07) is 33.1. The van der Waals surface area contributed by atoms with Gasteiger partial charge in [0.05, 0.1) is 11.0 Å². The summed E-state index contributed by atoms with van der Waals surface area (Å²) in [6.45, 7) is 2.03. The molecule has 6 aromatic rings. The molecular formula is C29H21N3O. The molecule has 0 saturated heterocycles. The maximum absolute atomic E-state index is 6.02. The summed E-state index contributed by atoms with van der Waals surface area (Å²) in [7, 11) is 0. The molecule has 0 amide bonds. The average Bonchev–Trinajstić information content (AvgIpc) is 3.18. The molecule has 3 aromatic heterocycles. The van der Waals surface area contributed by atoms with Gasteiger partial charge in [-0.25, -0.2) is 9.97 Å². The van der Waals surface area contributed by atoms with Gasteiger partial charge in [0, 0.05) is 29.2 Å². The van der Waals surface area contributed by atoms with Crippen molar-refractivity contribution in [3.63, 3.8) is 0 Å². The first-order chi connectivity index (χ1) is 16.3. The van der Waals surface area contributed by atoms with Gasteiger partial charge in [0.25, 0.3) is 0 Å². The van der Waals surface area contributed by atoms with E-state index in [4.69, 9.17) is 4.74 Å². The van der Waals surface area contributed by atoms with E-state index in [-0.39, 0.29) is 0 Å². The Morgan fingerprint density at radius 1 is 0.636 bits per heavy atom. The van der Waals surface area contributed by atoms with Gasteiger partial charge in [-0.3, -0.25) is 4.57 Å². The zero-order valence-corrected chi connectivity index (χ0v) is 18.1. The van der Waals surface area contributed by atoms with Gasteiger partial charge in [0.1, 0.15) is 11.6 Å². The Morgan fingerprint density at radius 3 is 2.36 bits per heavy atom. The number of aryl methyl sites for hydroxylation is 1. The highest BCUT2D eigenvalue weighted by atomic mass is 16.5. The summed E-state index contributed by atoms with van der Waals surface area (Å²) in [5.74, 6) is 2.26. The third kappa shape index (κ3) is 3.52. The van der Waals surface area contributed by atoms with E-state index in [9.17, 15) is 0 Å². The van der Waals surface area contributed by atoms with Crippen LogP contribution >= 0.6 is 0 Å². The van der Waals surface area contributed by atoms with E-state index in [1.165, 1.54) is 10.8 Å². The van der Waals surface area contributed by atoms with E-state index in [0.717, 1.165) is 39.3 Å². The minimum absolute atomic E-state index is 0.595. The first-order valence-electron chi connectivity index (χ1n) is 10.9. The van der Waals surface area contributed by atoms with Crippen LogP contribution in [0.1, 0.15) is 5.56 Å². The molecule has 6 rings (SSSR count). The van der Waals surface area contributed by atoms with Crippen molar-refractivity contribution < 1.29 is 4.74 Å². The van der Waals surface area contributed by atoms with Crippen molar-refractivity contribution in [3.8, 4) is 28.6 Å². The number of nitrogens with zero attached hydrogens (tertiary/aromatic N) is 3. The van der Waals surface area contributed by atoms with Crippen LogP contribution in [0.4, 0.5) is 0 Å². The Balaban J connectivity index is 1.49. The van der Waals surface area contributed by atoms with E-state index >= 15 is 0 Å². The molecule has 0 atom stereocenters. The Kier molecular flexibility index (Phi) is 4.62. The zero-order valence-electron chi connectivity index (χ0n) is 18.1. The lowest BCUT2D eigenvalue weighted by Crippen LogP contribution is -1.96. The zero-order chi connectivity index (χ0) is 22.2. The van der Waals surface area contributed by atoms with Crippen molar-refractivity contribution in [1.29, 1.82) is 0 Å². The summed E-state index contributed by atoms with van der Waals surface area (Å²) in [5.41, 5.74) is 5.58. The normalized spacial score (nSPS) is 11.2. The summed E-state index contributed by atoms with van der Waals surface area (Å²) < 4.78 is 8.25. The SMILES string of the molecule is Cc1ccnc(Oc2cccc(-c3ccc4c5ccccc5n(-c5ccccn5)c4c3)c2)c1. The van der Waals surface area contributed by atoms with Crippen molar-refractivity contribution in [2.24, 2.45) is 0 Å². The summed E-state index contributed by atoms with van der Waals surface area (Å²) in [4.78, 5) is 8.94. The fraction of sp³-hybridized carbons (Fsp3) is 0.0345. The fourth-order valence-corrected chi connectivity index (χ4v) is 4.31. The topological polar surface area (TPSA) is 39.9 Å². The van der Waals surface area contributed by atoms with Crippen molar-refractivity contribution in [2.45, 2.75) is 6.92 Å². The van der Waals surface area contributed by atoms with Crippen LogP contribution in [-0.4, -0.2) is 14.5 Å². The number of hydrogen-bond acceptors (Lipinski definition) is 3. The van der Waals surface area contributed by atoms with Crippen molar-refractivity contribution in [3.05, 3.63) is 115 Å². The van der Waals surface area contributed by atoms with Crippen LogP contribution in [0.5, 0.6) is 11.6 Å². The largest absolute Gasteiger partial charge is 0.439 e. The molecule has 0 unspecified atom stereocenters. The highest BCUT2D eigenvalue weighted by Crippen LogP contribution is 2.35. The number of benzene rings is 3. The first-order valence-corrected chi connectivity index (χ1v) is 10.9. The maximum atomic E-state index is 6.02. The number of fused-ring (bicyclic) bond motifs is 3. The molecule has 0 aliphatic heterocycles. The molecule has 0 N–H and O–H groups in total. The average molecular weight is 428 g/mol. The quantitative estimate of drug-likeness (QED) is 0.295. The Hall–Kier alpha value is -4.44. The number of hydrogen-bond donors (Lipinski definition) is 0. The highest BCUT2D eigenvalue weighted by molar-refractivity contribution is 6.10. The van der Waals surface area contributed by atoms with E-state index in [2.05, 4.69) is 69.1 Å². The number of rotatable bonds is 4. The molecule has 33 heavy (non-hydrogen) atoms. The molecule has 0 aliphatic carbocycles. The van der Waals surface area contributed by atoms with Gasteiger partial charge in [-0.15, -0.1) is 0 Å². The number of para-hydroxylation sites is 1. The van der Waals surface area contributed by atoms with Crippen LogP contribution < -0.4 is 4.74 Å². The first kappa shape index (κ1) is 19.3. The minimum Gasteiger partial charge on any atom is -0.439 e. The van der Waals surface area contributed by atoms with Crippen LogP contribution in [0.2, 0.25) is 0 Å².